The summed E-state index contributed by atoms with van der Waals surface area (Å²) in [5, 5.41) is 3.19. The van der Waals surface area contributed by atoms with Gasteiger partial charge >= 0.3 is 0 Å². The van der Waals surface area contributed by atoms with Crippen molar-refractivity contribution < 1.29 is 17.2 Å². The molecule has 2 N–H and O–H groups in total. The first-order valence-corrected chi connectivity index (χ1v) is 10.7. The van der Waals surface area contributed by atoms with E-state index in [4.69, 9.17) is 0 Å². The van der Waals surface area contributed by atoms with Gasteiger partial charge in [0.05, 0.1) is 18.0 Å². The Morgan fingerprint density at radius 3 is 2.46 bits per heavy atom. The Morgan fingerprint density at radius 1 is 1.18 bits per heavy atom. The van der Waals surface area contributed by atoms with Gasteiger partial charge in [-0.3, -0.25) is 4.99 Å². The quantitative estimate of drug-likeness (QED) is 0.242. The Labute approximate surface area is 182 Å². The van der Waals surface area contributed by atoms with Crippen molar-refractivity contribution in [1.29, 1.82) is 0 Å². The molecule has 1 saturated heterocycles. The molecule has 11 heteroatoms. The lowest BCUT2D eigenvalue weighted by Gasteiger charge is -2.37. The predicted molar refractivity (Wildman–Crippen MR) is 119 cm³/mol. The van der Waals surface area contributed by atoms with E-state index in [0.717, 1.165) is 12.1 Å². The molecule has 0 saturated carbocycles. The van der Waals surface area contributed by atoms with Crippen molar-refractivity contribution in [1.82, 2.24) is 14.9 Å². The van der Waals surface area contributed by atoms with Crippen molar-refractivity contribution in [3.63, 3.8) is 0 Å². The third-order valence-electron chi connectivity index (χ3n) is 4.24. The zero-order chi connectivity index (χ0) is 19.9. The average molecular weight is 531 g/mol. The van der Waals surface area contributed by atoms with Crippen molar-refractivity contribution in [2.24, 2.45) is 4.99 Å². The van der Waals surface area contributed by atoms with Crippen LogP contribution in [-0.2, 0) is 10.0 Å². The van der Waals surface area contributed by atoms with Gasteiger partial charge in [0.15, 0.2) is 5.96 Å². The summed E-state index contributed by atoms with van der Waals surface area (Å²) in [6, 6.07) is 3.46. The third-order valence-corrected chi connectivity index (χ3v) is 5.64. The van der Waals surface area contributed by atoms with Crippen LogP contribution in [0.5, 0.6) is 0 Å². The zero-order valence-electron chi connectivity index (χ0n) is 16.1. The van der Waals surface area contributed by atoms with E-state index in [0.29, 0.717) is 45.2 Å². The van der Waals surface area contributed by atoms with Crippen LogP contribution in [0.3, 0.4) is 0 Å². The maximum atomic E-state index is 13.9. The molecule has 1 aliphatic heterocycles. The second kappa shape index (κ2) is 11.7. The van der Waals surface area contributed by atoms with E-state index in [2.05, 4.69) is 15.0 Å². The standard InChI is InChI=1S/C17H27F2N5O2S.HI/c1-3-20-17(21-7-8-22-27(25,26)4-2)24-11-9-23(10-12-24)16-13-14(18)5-6-15(16)19;/h5-6,13,22H,3-4,7-12H2,1-2H3,(H,20,21);1H. The van der Waals surface area contributed by atoms with Crippen LogP contribution >= 0.6 is 24.0 Å². The van der Waals surface area contributed by atoms with Gasteiger partial charge in [0.2, 0.25) is 10.0 Å². The summed E-state index contributed by atoms with van der Waals surface area (Å²) in [5.74, 6) is -0.172. The van der Waals surface area contributed by atoms with Gasteiger partial charge in [0.1, 0.15) is 11.6 Å². The van der Waals surface area contributed by atoms with Crippen LogP contribution in [0.2, 0.25) is 0 Å². The molecule has 1 aromatic rings. The summed E-state index contributed by atoms with van der Waals surface area (Å²) in [5.41, 5.74) is 0.269. The molecule has 160 valence electrons. The van der Waals surface area contributed by atoms with E-state index in [1.165, 1.54) is 6.07 Å². The normalized spacial score (nSPS) is 15.4. The maximum Gasteiger partial charge on any atom is 0.211 e. The van der Waals surface area contributed by atoms with E-state index < -0.39 is 21.7 Å². The number of guanidine groups is 1. The number of piperazine rings is 1. The number of aliphatic imine (C=N–C) groups is 1. The van der Waals surface area contributed by atoms with Crippen LogP contribution in [-0.4, -0.2) is 70.8 Å². The van der Waals surface area contributed by atoms with Gasteiger partial charge in [-0.15, -0.1) is 24.0 Å². The average Bonchev–Trinajstić information content (AvgIpc) is 2.66. The van der Waals surface area contributed by atoms with Crippen molar-refractivity contribution in [3.8, 4) is 0 Å². The minimum atomic E-state index is -3.23. The monoisotopic (exact) mass is 531 g/mol. The van der Waals surface area contributed by atoms with Crippen molar-refractivity contribution >= 4 is 45.6 Å². The Bertz CT molecular complexity index is 756. The topological polar surface area (TPSA) is 77.0 Å². The highest BCUT2D eigenvalue weighted by Crippen LogP contribution is 2.21. The smallest absolute Gasteiger partial charge is 0.211 e. The minimum absolute atomic E-state index is 0. The third kappa shape index (κ3) is 7.32. The second-order valence-corrected chi connectivity index (χ2v) is 8.20. The first-order chi connectivity index (χ1) is 12.9. The fourth-order valence-corrected chi connectivity index (χ4v) is 3.38. The number of nitrogens with one attached hydrogen (secondary N) is 2. The maximum absolute atomic E-state index is 13.9. The number of halogens is 3. The Hall–Kier alpha value is -1.21. The number of sulfonamides is 1. The molecule has 0 aliphatic carbocycles. The lowest BCUT2D eigenvalue weighted by molar-refractivity contribution is 0.370. The molecule has 0 unspecified atom stereocenters. The molecular weight excluding hydrogens is 503 g/mol. The van der Waals surface area contributed by atoms with Crippen LogP contribution in [0, 0.1) is 11.6 Å². The molecule has 1 heterocycles. The summed E-state index contributed by atoms with van der Waals surface area (Å²) in [6.07, 6.45) is 0. The molecule has 0 radical (unpaired) electrons. The minimum Gasteiger partial charge on any atom is -0.366 e. The summed E-state index contributed by atoms with van der Waals surface area (Å²) in [6.45, 7) is 7.04. The van der Waals surface area contributed by atoms with Crippen LogP contribution in [0.1, 0.15) is 13.8 Å². The molecule has 0 spiro atoms. The van der Waals surface area contributed by atoms with Gasteiger partial charge in [-0.1, -0.05) is 0 Å². The van der Waals surface area contributed by atoms with Gasteiger partial charge in [0.25, 0.3) is 0 Å². The van der Waals surface area contributed by atoms with Crippen LogP contribution in [0.4, 0.5) is 14.5 Å². The molecule has 0 amide bonds. The number of nitrogens with zero attached hydrogens (tertiary/aromatic N) is 3. The van der Waals surface area contributed by atoms with Crippen LogP contribution in [0.15, 0.2) is 23.2 Å². The Kier molecular flexibility index (Phi) is 10.4. The molecule has 1 fully saturated rings. The molecule has 28 heavy (non-hydrogen) atoms. The van der Waals surface area contributed by atoms with E-state index in [-0.39, 0.29) is 42.0 Å². The molecule has 2 rings (SSSR count). The summed E-state index contributed by atoms with van der Waals surface area (Å²) < 4.78 is 52.7. The van der Waals surface area contributed by atoms with Gasteiger partial charge in [0, 0.05) is 45.3 Å². The van der Waals surface area contributed by atoms with Gasteiger partial charge < -0.3 is 15.1 Å². The zero-order valence-corrected chi connectivity index (χ0v) is 19.3. The van der Waals surface area contributed by atoms with Gasteiger partial charge in [-0.25, -0.2) is 21.9 Å². The number of benzene rings is 1. The molecule has 0 aromatic heterocycles. The van der Waals surface area contributed by atoms with E-state index >= 15 is 0 Å². The summed E-state index contributed by atoms with van der Waals surface area (Å²) in [4.78, 5) is 8.30. The first-order valence-electron chi connectivity index (χ1n) is 9.07. The molecule has 0 atom stereocenters. The molecule has 0 bridgehead atoms. The highest BCUT2D eigenvalue weighted by atomic mass is 127. The lowest BCUT2D eigenvalue weighted by Crippen LogP contribution is -2.53. The summed E-state index contributed by atoms with van der Waals surface area (Å²) >= 11 is 0. The van der Waals surface area contributed by atoms with E-state index in [9.17, 15) is 17.2 Å². The Balaban J connectivity index is 0.00000392. The van der Waals surface area contributed by atoms with E-state index in [1.54, 1.807) is 6.92 Å². The largest absolute Gasteiger partial charge is 0.366 e. The fraction of sp³-hybridized carbons (Fsp3) is 0.588. The fourth-order valence-electron chi connectivity index (χ4n) is 2.78. The number of hydrogen-bond acceptors (Lipinski definition) is 4. The number of anilines is 1. The predicted octanol–water partition coefficient (Wildman–Crippen LogP) is 1.61. The highest BCUT2D eigenvalue weighted by Gasteiger charge is 2.22. The van der Waals surface area contributed by atoms with Crippen LogP contribution < -0.4 is 14.9 Å². The SMILES string of the molecule is CCNC(=NCCNS(=O)(=O)CC)N1CCN(c2cc(F)ccc2F)CC1.I. The van der Waals surface area contributed by atoms with Crippen molar-refractivity contribution in [2.45, 2.75) is 13.8 Å². The van der Waals surface area contributed by atoms with Gasteiger partial charge in [-0.2, -0.15) is 0 Å². The summed E-state index contributed by atoms with van der Waals surface area (Å²) in [7, 11) is -3.23. The molecular formula is C17H28F2IN5O2S. The van der Waals surface area contributed by atoms with Crippen molar-refractivity contribution in [3.05, 3.63) is 29.8 Å². The lowest BCUT2D eigenvalue weighted by atomic mass is 10.2. The van der Waals surface area contributed by atoms with Crippen molar-refractivity contribution in [2.75, 3.05) is 56.5 Å². The highest BCUT2D eigenvalue weighted by molar-refractivity contribution is 14.0. The molecule has 1 aromatic carbocycles. The van der Waals surface area contributed by atoms with Gasteiger partial charge in [-0.05, 0) is 26.0 Å². The molecule has 7 nitrogen and oxygen atoms in total. The first kappa shape index (κ1) is 24.8. The number of hydrogen-bond donors (Lipinski definition) is 2. The number of rotatable bonds is 7. The van der Waals surface area contributed by atoms with E-state index in [1.807, 2.05) is 16.7 Å². The second-order valence-electron chi connectivity index (χ2n) is 6.10. The Morgan fingerprint density at radius 2 is 1.86 bits per heavy atom. The molecule has 1 aliphatic rings. The van der Waals surface area contributed by atoms with Crippen LogP contribution in [0.25, 0.3) is 0 Å².